The van der Waals surface area contributed by atoms with Crippen LogP contribution in [0.5, 0.6) is 46.0 Å². The minimum atomic E-state index is -5.29. The van der Waals surface area contributed by atoms with Gasteiger partial charge in [-0.3, -0.25) is 0 Å². The number of fused-ring (bicyclic) bond motifs is 20. The molecule has 0 unspecified atom stereocenters. The van der Waals surface area contributed by atoms with Crippen LogP contribution in [0.3, 0.4) is 0 Å². The Labute approximate surface area is 469 Å². The number of aromatic amines is 2. The van der Waals surface area contributed by atoms with E-state index in [0.29, 0.717) is 48.5 Å². The zero-order chi connectivity index (χ0) is 64.5. The van der Waals surface area contributed by atoms with Crippen LogP contribution in [-0.2, 0) is 0 Å². The van der Waals surface area contributed by atoms with E-state index in [1.165, 1.54) is 0 Å². The number of nitrogens with one attached hydrogen (secondary N) is 2. The first kappa shape index (κ1) is 63.5. The van der Waals surface area contributed by atoms with Crippen LogP contribution in [0, 0.1) is 0 Å². The zero-order valence-corrected chi connectivity index (χ0v) is 42.3. The highest BCUT2D eigenvalue weighted by Gasteiger charge is 2.40. The monoisotopic (exact) mass is 1300 g/mol. The van der Waals surface area contributed by atoms with E-state index in [9.17, 15) is 105 Å². The summed E-state index contributed by atoms with van der Waals surface area (Å²) in [6.07, 6.45) is -42.3. The molecule has 0 amide bonds. The van der Waals surface area contributed by atoms with Gasteiger partial charge >= 0.3 is 49.4 Å². The predicted molar refractivity (Wildman–Crippen MR) is 248 cm³/mol. The summed E-state index contributed by atoms with van der Waals surface area (Å²) in [5, 5.41) is -4.04. The summed E-state index contributed by atoms with van der Waals surface area (Å²) in [5.41, 5.74) is -8.61. The average molecular weight is 1300 g/mol. The van der Waals surface area contributed by atoms with Crippen LogP contribution in [0.25, 0.3) is 89.7 Å². The largest absolute Gasteiger partial charge is 0.483 e. The Hall–Kier alpha value is -9.04. The van der Waals surface area contributed by atoms with E-state index in [1.807, 2.05) is 0 Å². The number of halogens is 24. The van der Waals surface area contributed by atoms with Crippen molar-refractivity contribution in [3.8, 4) is 91.5 Å². The maximum absolute atomic E-state index is 13.9. The van der Waals surface area contributed by atoms with Gasteiger partial charge in [0.05, 0.1) is 43.8 Å². The van der Waals surface area contributed by atoms with Crippen molar-refractivity contribution in [3.63, 3.8) is 0 Å². The number of H-pyrrole nitrogens is 2. The van der Waals surface area contributed by atoms with Crippen molar-refractivity contribution < 1.29 is 143 Å². The first-order valence-corrected chi connectivity index (χ1v) is 23.6. The Morgan fingerprint density at radius 3 is 0.534 bits per heavy atom. The Morgan fingerprint density at radius 2 is 0.375 bits per heavy atom. The lowest BCUT2D eigenvalue weighted by Crippen LogP contribution is -2.20. The second-order valence-electron chi connectivity index (χ2n) is 18.1. The van der Waals surface area contributed by atoms with Crippen LogP contribution >= 0.6 is 0 Å². The fraction of sp³-hybridized carbons (Fsp3) is 0.333. The molecule has 0 saturated carbocycles. The van der Waals surface area contributed by atoms with Crippen molar-refractivity contribution in [1.82, 2.24) is 39.9 Å². The number of rotatable bonds is 16. The average Bonchev–Trinajstić information content (AvgIpc) is 1.82. The van der Waals surface area contributed by atoms with Crippen molar-refractivity contribution in [3.05, 3.63) is 48.5 Å². The first-order valence-electron chi connectivity index (χ1n) is 23.6. The lowest BCUT2D eigenvalue weighted by atomic mass is 10.1. The molecule has 8 bridgehead atoms. The first-order chi connectivity index (χ1) is 40.6. The molecule has 40 heteroatoms. The third-order valence-corrected chi connectivity index (χ3v) is 11.3. The summed E-state index contributed by atoms with van der Waals surface area (Å²) >= 11 is 0. The molecule has 3 aromatic heterocycles. The van der Waals surface area contributed by atoms with E-state index < -0.39 is 238 Å². The van der Waals surface area contributed by atoms with E-state index >= 15 is 0 Å². The van der Waals surface area contributed by atoms with E-state index in [1.54, 1.807) is 0 Å². The maximum Gasteiger partial charge on any atom is 0.422 e. The number of benzene rings is 4. The lowest BCUT2D eigenvalue weighted by Gasteiger charge is -2.16. The molecule has 5 heterocycles. The topological polar surface area (TPSA) is 183 Å². The summed E-state index contributed by atoms with van der Waals surface area (Å²) in [4.78, 5) is 29.5. The number of ether oxygens (including phenoxy) is 8. The van der Waals surface area contributed by atoms with Crippen molar-refractivity contribution in [2.24, 2.45) is 0 Å². The molecule has 16 nitrogen and oxygen atoms in total. The van der Waals surface area contributed by atoms with Gasteiger partial charge in [-0.25, -0.2) is 29.9 Å². The summed E-state index contributed by atoms with van der Waals surface area (Å²) in [7, 11) is 0. The minimum Gasteiger partial charge on any atom is -0.483 e. The molecule has 474 valence electrons. The third-order valence-electron chi connectivity index (χ3n) is 11.3. The van der Waals surface area contributed by atoms with Gasteiger partial charge in [-0.1, -0.05) is 0 Å². The minimum absolute atomic E-state index is 0.518. The standard InChI is InChI=1S/C48H26F24N8O8/c49-41(50,51)9-81-17-1-2-18(82-10-42(52,53)54)26-25(17)33-73-34(26)78-36-29-21(85-13-45(61,62)63)5-6-22(86-14-46(64,65)66)30(29)38(75-36)80-40-32-24(88-16-48(70,71)72)8-7-23(87-15-47(67,68)69)31(32)39(76-40)79-37-28-20(84-12-44(58,59)60)4-3-19(83-11-43(55,56)57)27(28)35(74-37)77-33/h1-8H,9-16H2,(H2,73,74,75,76,77,78,79,80). The highest BCUT2D eigenvalue weighted by molar-refractivity contribution is 6.13. The van der Waals surface area contributed by atoms with E-state index in [4.69, 9.17) is 37.9 Å². The van der Waals surface area contributed by atoms with Gasteiger partial charge in [-0.15, -0.1) is 0 Å². The van der Waals surface area contributed by atoms with Crippen molar-refractivity contribution >= 4 is 44.1 Å². The summed E-state index contributed by atoms with van der Waals surface area (Å²) in [5.74, 6) is -13.5. The highest BCUT2D eigenvalue weighted by atomic mass is 19.4. The van der Waals surface area contributed by atoms with Gasteiger partial charge in [0.2, 0.25) is 0 Å². The number of nitrogens with zero attached hydrogens (tertiary/aromatic N) is 6. The SMILES string of the molecule is FC(F)(F)COc1ccc(OCC(F)(F)F)c2c1-c1nc-2nc2[nH]c(nc3nc(nc4[nH]c(n1)c1c(OCC(F)(F)F)ccc(OCC(F)(F)F)c41)-c1c(OCC(F)(F)F)ccc(OCC(F)(F)F)c1-3)c1c(OCC(F)(F)F)ccc(OCC(F)(F)F)c21. The van der Waals surface area contributed by atoms with Crippen LogP contribution in [0.15, 0.2) is 48.5 Å². The molecular weight excluding hydrogens is 1270 g/mol. The maximum atomic E-state index is 13.9. The summed E-state index contributed by atoms with van der Waals surface area (Å²) < 4.78 is 374. The molecule has 7 aromatic rings. The molecule has 0 atom stereocenters. The van der Waals surface area contributed by atoms with Crippen LogP contribution in [0.4, 0.5) is 105 Å². The smallest absolute Gasteiger partial charge is 0.422 e. The molecule has 88 heavy (non-hydrogen) atoms. The Morgan fingerprint density at radius 1 is 0.227 bits per heavy atom. The number of hydrogen-bond donors (Lipinski definition) is 2. The molecule has 0 radical (unpaired) electrons. The van der Waals surface area contributed by atoms with E-state index in [-0.39, 0.29) is 0 Å². The number of hydrogen-bond acceptors (Lipinski definition) is 14. The molecular formula is C48H26F24N8O8. The number of aromatic nitrogens is 8. The van der Waals surface area contributed by atoms with E-state index in [0.717, 1.165) is 0 Å². The molecule has 0 saturated heterocycles. The molecule has 9 rings (SSSR count). The molecule has 2 N–H and O–H groups in total. The fourth-order valence-electron chi connectivity index (χ4n) is 8.31. The van der Waals surface area contributed by atoms with Gasteiger partial charge in [0, 0.05) is 0 Å². The van der Waals surface area contributed by atoms with Crippen molar-refractivity contribution in [2.45, 2.75) is 49.4 Å². The molecule has 0 fully saturated rings. The molecule has 4 aromatic carbocycles. The third kappa shape index (κ3) is 15.2. The van der Waals surface area contributed by atoms with Gasteiger partial charge in [0.1, 0.15) is 68.6 Å². The van der Waals surface area contributed by atoms with Gasteiger partial charge < -0.3 is 47.9 Å². The Bertz CT molecular complexity index is 3480. The molecule has 0 aliphatic carbocycles. The number of alkyl halides is 24. The Kier molecular flexibility index (Phi) is 16.3. The van der Waals surface area contributed by atoms with Gasteiger partial charge in [0.25, 0.3) is 0 Å². The predicted octanol–water partition coefficient (Wildman–Crippen LogP) is 14.4. The second-order valence-corrected chi connectivity index (χ2v) is 18.1. The molecule has 2 aliphatic rings. The van der Waals surface area contributed by atoms with Crippen LogP contribution in [0.1, 0.15) is 0 Å². The lowest BCUT2D eigenvalue weighted by molar-refractivity contribution is -0.154. The van der Waals surface area contributed by atoms with E-state index in [2.05, 4.69) is 39.9 Å². The molecule has 2 aliphatic heterocycles. The van der Waals surface area contributed by atoms with Crippen LogP contribution < -0.4 is 37.9 Å². The normalized spacial score (nSPS) is 13.4. The summed E-state index contributed by atoms with van der Waals surface area (Å²) in [6, 6.07) is 4.17. The van der Waals surface area contributed by atoms with Gasteiger partial charge in [-0.2, -0.15) is 105 Å². The fourth-order valence-corrected chi connectivity index (χ4v) is 8.31. The van der Waals surface area contributed by atoms with Gasteiger partial charge in [-0.05, 0) is 48.5 Å². The van der Waals surface area contributed by atoms with Crippen molar-refractivity contribution in [1.29, 1.82) is 0 Å². The van der Waals surface area contributed by atoms with Crippen molar-refractivity contribution in [2.75, 3.05) is 52.9 Å². The zero-order valence-electron chi connectivity index (χ0n) is 42.3. The second kappa shape index (κ2) is 22.6. The van der Waals surface area contributed by atoms with Crippen LogP contribution in [0.2, 0.25) is 0 Å². The summed E-state index contributed by atoms with van der Waals surface area (Å²) in [6.45, 7) is -18.2. The van der Waals surface area contributed by atoms with Crippen LogP contribution in [-0.4, -0.2) is 142 Å². The Balaban J connectivity index is 1.56. The highest BCUT2D eigenvalue weighted by Crippen LogP contribution is 2.51. The quantitative estimate of drug-likeness (QED) is 0.0871. The molecule has 0 spiro atoms. The van der Waals surface area contributed by atoms with Gasteiger partial charge in [0.15, 0.2) is 76.2 Å².